The van der Waals surface area contributed by atoms with Gasteiger partial charge in [0, 0.05) is 23.3 Å². The van der Waals surface area contributed by atoms with Crippen molar-refractivity contribution in [1.82, 2.24) is 4.90 Å². The van der Waals surface area contributed by atoms with Crippen molar-refractivity contribution in [2.45, 2.75) is 32.7 Å². The first-order valence-corrected chi connectivity index (χ1v) is 9.11. The van der Waals surface area contributed by atoms with Crippen LogP contribution in [0.5, 0.6) is 0 Å². The maximum Gasteiger partial charge on any atom is 0.326 e. The van der Waals surface area contributed by atoms with Crippen LogP contribution >= 0.6 is 11.6 Å². The lowest BCUT2D eigenvalue weighted by molar-refractivity contribution is -0.116. The van der Waals surface area contributed by atoms with Crippen molar-refractivity contribution < 1.29 is 14.0 Å². The Bertz CT molecular complexity index is 909. The third-order valence-electron chi connectivity index (χ3n) is 4.66. The topological polar surface area (TPSA) is 49.4 Å². The highest BCUT2D eigenvalue weighted by Crippen LogP contribution is 2.31. The number of rotatable bonds is 3. The summed E-state index contributed by atoms with van der Waals surface area (Å²) in [5, 5.41) is 3.57. The number of amides is 2. The summed E-state index contributed by atoms with van der Waals surface area (Å²) in [4.78, 5) is 26.3. The van der Waals surface area contributed by atoms with Crippen LogP contribution in [0.25, 0.3) is 0 Å². The van der Waals surface area contributed by atoms with Gasteiger partial charge in [-0.1, -0.05) is 30.7 Å². The van der Waals surface area contributed by atoms with Crippen molar-refractivity contribution in [3.8, 4) is 0 Å². The molecule has 3 rings (SSSR count). The van der Waals surface area contributed by atoms with Gasteiger partial charge < -0.3 is 5.32 Å². The summed E-state index contributed by atoms with van der Waals surface area (Å²) in [6, 6.07) is 8.67. The summed E-state index contributed by atoms with van der Waals surface area (Å²) < 4.78 is 13.2. The van der Waals surface area contributed by atoms with Crippen LogP contribution in [-0.4, -0.2) is 16.7 Å². The smallest absolute Gasteiger partial charge is 0.307 e. The number of allylic oxidation sites excluding steroid dienone is 1. The third-order valence-corrected chi connectivity index (χ3v) is 5.01. The molecule has 2 aromatic carbocycles. The Labute approximate surface area is 162 Å². The Hall–Kier alpha value is -2.66. The number of carbonyl (C=O) groups is 2. The molecule has 140 valence electrons. The summed E-state index contributed by atoms with van der Waals surface area (Å²) in [5.74, 6) is -0.444. The molecule has 1 N–H and O–H groups in total. The fourth-order valence-corrected chi connectivity index (χ4v) is 3.45. The van der Waals surface area contributed by atoms with Crippen molar-refractivity contribution in [3.63, 3.8) is 0 Å². The van der Waals surface area contributed by atoms with E-state index >= 15 is 0 Å². The number of carbonyl (C=O) groups excluding carboxylic acids is 2. The number of nitrogens with zero attached hydrogens (tertiary/aromatic N) is 1. The zero-order chi connectivity index (χ0) is 19.6. The van der Waals surface area contributed by atoms with Crippen molar-refractivity contribution >= 4 is 29.1 Å². The predicted octanol–water partition coefficient (Wildman–Crippen LogP) is 5.41. The first-order valence-electron chi connectivity index (χ1n) is 8.74. The quantitative estimate of drug-likeness (QED) is 0.766. The van der Waals surface area contributed by atoms with E-state index < -0.39 is 6.04 Å². The van der Waals surface area contributed by atoms with E-state index in [1.807, 2.05) is 26.0 Å². The van der Waals surface area contributed by atoms with Crippen molar-refractivity contribution in [3.05, 3.63) is 76.2 Å². The van der Waals surface area contributed by atoms with Gasteiger partial charge >= 0.3 is 6.03 Å². The molecule has 1 atom stereocenters. The molecule has 4 nitrogen and oxygen atoms in total. The van der Waals surface area contributed by atoms with Crippen LogP contribution in [-0.2, 0) is 11.2 Å². The van der Waals surface area contributed by atoms with Gasteiger partial charge in [-0.3, -0.25) is 9.69 Å². The number of urea groups is 1. The van der Waals surface area contributed by atoms with E-state index in [-0.39, 0.29) is 24.1 Å². The van der Waals surface area contributed by atoms with Crippen LogP contribution in [0.1, 0.15) is 36.1 Å². The van der Waals surface area contributed by atoms with Crippen LogP contribution in [0.15, 0.2) is 48.7 Å². The SMILES string of the molecule is CCc1cc(NC(=O)N2C=CC(=O)C[C@H]2c2ccc(F)cc2)c(C)cc1Cl. The molecule has 1 aliphatic heterocycles. The third kappa shape index (κ3) is 4.19. The molecule has 2 amide bonds. The number of hydrogen-bond acceptors (Lipinski definition) is 2. The zero-order valence-electron chi connectivity index (χ0n) is 15.1. The molecule has 1 aliphatic rings. The average molecular weight is 387 g/mol. The average Bonchev–Trinajstić information content (AvgIpc) is 2.64. The largest absolute Gasteiger partial charge is 0.326 e. The highest BCUT2D eigenvalue weighted by atomic mass is 35.5. The van der Waals surface area contributed by atoms with E-state index in [0.717, 1.165) is 17.5 Å². The Kier molecular flexibility index (Phi) is 5.61. The van der Waals surface area contributed by atoms with E-state index in [1.54, 1.807) is 12.1 Å². The first-order chi connectivity index (χ1) is 12.9. The first kappa shape index (κ1) is 19.1. The molecule has 0 fully saturated rings. The van der Waals surface area contributed by atoms with Gasteiger partial charge in [0.15, 0.2) is 5.78 Å². The number of ketones is 1. The van der Waals surface area contributed by atoms with E-state index in [9.17, 15) is 14.0 Å². The van der Waals surface area contributed by atoms with Crippen molar-refractivity contribution in [2.24, 2.45) is 0 Å². The summed E-state index contributed by atoms with van der Waals surface area (Å²) in [6.07, 6.45) is 3.75. The van der Waals surface area contributed by atoms with E-state index in [1.165, 1.54) is 29.3 Å². The van der Waals surface area contributed by atoms with Gasteiger partial charge in [0.2, 0.25) is 0 Å². The minimum absolute atomic E-state index is 0.0793. The van der Waals surface area contributed by atoms with Gasteiger partial charge in [-0.05, 0) is 60.4 Å². The maximum absolute atomic E-state index is 13.2. The second-order valence-corrected chi connectivity index (χ2v) is 6.91. The monoisotopic (exact) mass is 386 g/mol. The summed E-state index contributed by atoms with van der Waals surface area (Å²) in [7, 11) is 0. The minimum Gasteiger partial charge on any atom is -0.307 e. The maximum atomic E-state index is 13.2. The highest BCUT2D eigenvalue weighted by Gasteiger charge is 2.29. The van der Waals surface area contributed by atoms with Crippen LogP contribution < -0.4 is 5.32 Å². The molecule has 2 aromatic rings. The molecule has 0 spiro atoms. The minimum atomic E-state index is -0.485. The van der Waals surface area contributed by atoms with E-state index in [2.05, 4.69) is 5.32 Å². The molecule has 0 unspecified atom stereocenters. The second-order valence-electron chi connectivity index (χ2n) is 6.50. The van der Waals surface area contributed by atoms with Crippen LogP contribution in [0.4, 0.5) is 14.9 Å². The van der Waals surface area contributed by atoms with Gasteiger partial charge in [-0.15, -0.1) is 0 Å². The van der Waals surface area contributed by atoms with Gasteiger partial charge in [0.25, 0.3) is 0 Å². The van der Waals surface area contributed by atoms with E-state index in [0.29, 0.717) is 16.3 Å². The highest BCUT2D eigenvalue weighted by molar-refractivity contribution is 6.31. The number of aryl methyl sites for hydroxylation is 2. The molecule has 6 heteroatoms. The van der Waals surface area contributed by atoms with Gasteiger partial charge in [-0.2, -0.15) is 0 Å². The summed E-state index contributed by atoms with van der Waals surface area (Å²) >= 11 is 6.22. The second kappa shape index (κ2) is 7.92. The number of halogens is 2. The molecule has 0 saturated heterocycles. The fraction of sp³-hybridized carbons (Fsp3) is 0.238. The Morgan fingerprint density at radius 3 is 2.67 bits per heavy atom. The summed E-state index contributed by atoms with van der Waals surface area (Å²) in [5.41, 5.74) is 3.16. The number of benzene rings is 2. The van der Waals surface area contributed by atoms with Crippen LogP contribution in [0.2, 0.25) is 5.02 Å². The Morgan fingerprint density at radius 1 is 1.30 bits per heavy atom. The van der Waals surface area contributed by atoms with Gasteiger partial charge in [0.1, 0.15) is 5.82 Å². The molecule has 0 saturated carbocycles. The molecule has 0 aromatic heterocycles. The zero-order valence-corrected chi connectivity index (χ0v) is 15.9. The van der Waals surface area contributed by atoms with Crippen molar-refractivity contribution in [2.75, 3.05) is 5.32 Å². The normalized spacial score (nSPS) is 16.5. The molecule has 27 heavy (non-hydrogen) atoms. The number of nitrogens with one attached hydrogen (secondary N) is 1. The molecular weight excluding hydrogens is 367 g/mol. The lowest BCUT2D eigenvalue weighted by Gasteiger charge is -2.31. The fourth-order valence-electron chi connectivity index (χ4n) is 3.10. The number of anilines is 1. The van der Waals surface area contributed by atoms with Crippen LogP contribution in [0, 0.1) is 12.7 Å². The molecular formula is C21H20ClFN2O2. The predicted molar refractivity (Wildman–Crippen MR) is 104 cm³/mol. The summed E-state index contributed by atoms with van der Waals surface area (Å²) in [6.45, 7) is 3.86. The van der Waals surface area contributed by atoms with Gasteiger partial charge in [-0.25, -0.2) is 9.18 Å². The molecule has 0 bridgehead atoms. The Morgan fingerprint density at radius 2 is 2.00 bits per heavy atom. The Balaban J connectivity index is 1.88. The molecule has 0 aliphatic carbocycles. The standard InChI is InChI=1S/C21H20ClFN2O2/c1-3-14-11-19(13(2)10-18(14)22)24-21(27)25-9-8-17(26)12-20(25)15-4-6-16(23)7-5-15/h4-11,20H,3,12H2,1-2H3,(H,24,27)/t20-/m0/s1. The van der Waals surface area contributed by atoms with Crippen LogP contribution in [0.3, 0.4) is 0 Å². The molecule has 1 heterocycles. The lowest BCUT2D eigenvalue weighted by atomic mass is 9.97. The van der Waals surface area contributed by atoms with Gasteiger partial charge in [0.05, 0.1) is 6.04 Å². The van der Waals surface area contributed by atoms with Crippen molar-refractivity contribution in [1.29, 1.82) is 0 Å². The molecule has 0 radical (unpaired) electrons. The number of hydrogen-bond donors (Lipinski definition) is 1. The van der Waals surface area contributed by atoms with E-state index in [4.69, 9.17) is 11.6 Å². The lowest BCUT2D eigenvalue weighted by Crippen LogP contribution is -2.37.